The van der Waals surface area contributed by atoms with Gasteiger partial charge >= 0.3 is 0 Å². The van der Waals surface area contributed by atoms with Gasteiger partial charge in [-0.15, -0.1) is 6.42 Å². The van der Waals surface area contributed by atoms with Gasteiger partial charge in [0.1, 0.15) is 5.75 Å². The summed E-state index contributed by atoms with van der Waals surface area (Å²) < 4.78 is 5.32. The molecular formula is C11H11NO2. The summed E-state index contributed by atoms with van der Waals surface area (Å²) >= 11 is 0. The highest BCUT2D eigenvalue weighted by atomic mass is 16.5. The minimum absolute atomic E-state index is 0.342. The van der Waals surface area contributed by atoms with Crippen molar-refractivity contribution in [2.24, 2.45) is 5.73 Å². The van der Waals surface area contributed by atoms with Crippen molar-refractivity contribution in [1.82, 2.24) is 0 Å². The minimum Gasteiger partial charge on any atom is -0.477 e. The van der Waals surface area contributed by atoms with Crippen molar-refractivity contribution in [3.8, 4) is 18.1 Å². The monoisotopic (exact) mass is 189 g/mol. The Morgan fingerprint density at radius 3 is 2.79 bits per heavy atom. The molecule has 1 rings (SSSR count). The van der Waals surface area contributed by atoms with Crippen molar-refractivity contribution < 1.29 is 9.53 Å². The van der Waals surface area contributed by atoms with Crippen molar-refractivity contribution >= 4 is 5.91 Å². The molecule has 72 valence electrons. The van der Waals surface area contributed by atoms with Crippen LogP contribution in [0.5, 0.6) is 5.75 Å². The highest BCUT2D eigenvalue weighted by Crippen LogP contribution is 2.18. The quantitative estimate of drug-likeness (QED) is 0.726. The number of carbonyl (C=O) groups is 1. The molecule has 0 aliphatic heterocycles. The second kappa shape index (κ2) is 4.33. The van der Waals surface area contributed by atoms with Gasteiger partial charge in [-0.25, -0.2) is 0 Å². The first-order chi connectivity index (χ1) is 6.65. The molecule has 0 aromatic heterocycles. The Morgan fingerprint density at radius 1 is 1.57 bits per heavy atom. The standard InChI is InChI=1S/C11H11NO2/c1-3-8(2)14-10-7-5-4-6-9(10)11(12)13/h1,4-8H,2H3,(H2,12,13). The zero-order chi connectivity index (χ0) is 10.6. The second-order valence-electron chi connectivity index (χ2n) is 2.79. The normalized spacial score (nSPS) is 11.4. The lowest BCUT2D eigenvalue weighted by molar-refractivity contribution is 0.0995. The third-order valence-corrected chi connectivity index (χ3v) is 1.69. The Morgan fingerprint density at radius 2 is 2.21 bits per heavy atom. The van der Waals surface area contributed by atoms with Gasteiger partial charge in [0, 0.05) is 0 Å². The number of primary amides is 1. The molecule has 0 bridgehead atoms. The number of hydrogen-bond donors (Lipinski definition) is 1. The lowest BCUT2D eigenvalue weighted by Crippen LogP contribution is -2.16. The molecule has 0 spiro atoms. The van der Waals surface area contributed by atoms with E-state index in [0.29, 0.717) is 11.3 Å². The van der Waals surface area contributed by atoms with Crippen LogP contribution in [0.3, 0.4) is 0 Å². The van der Waals surface area contributed by atoms with E-state index < -0.39 is 5.91 Å². The maximum absolute atomic E-state index is 11.0. The van der Waals surface area contributed by atoms with E-state index in [1.165, 1.54) is 0 Å². The summed E-state index contributed by atoms with van der Waals surface area (Å²) in [5.41, 5.74) is 5.50. The number of ether oxygens (including phenoxy) is 1. The van der Waals surface area contributed by atoms with Crippen molar-refractivity contribution in [2.75, 3.05) is 0 Å². The molecule has 3 nitrogen and oxygen atoms in total. The topological polar surface area (TPSA) is 52.3 Å². The van der Waals surface area contributed by atoms with Gasteiger partial charge in [0.25, 0.3) is 5.91 Å². The third kappa shape index (κ3) is 2.27. The number of rotatable bonds is 3. The summed E-state index contributed by atoms with van der Waals surface area (Å²) in [6.45, 7) is 1.72. The van der Waals surface area contributed by atoms with E-state index in [-0.39, 0.29) is 6.10 Å². The molecule has 0 aliphatic carbocycles. The Kier molecular flexibility index (Phi) is 3.14. The highest BCUT2D eigenvalue weighted by Gasteiger charge is 2.09. The van der Waals surface area contributed by atoms with Crippen LogP contribution < -0.4 is 10.5 Å². The van der Waals surface area contributed by atoms with Gasteiger partial charge < -0.3 is 10.5 Å². The number of amides is 1. The zero-order valence-corrected chi connectivity index (χ0v) is 7.86. The third-order valence-electron chi connectivity index (χ3n) is 1.69. The fourth-order valence-electron chi connectivity index (χ4n) is 0.997. The SMILES string of the molecule is C#CC(C)Oc1ccccc1C(N)=O. The largest absolute Gasteiger partial charge is 0.477 e. The molecule has 0 radical (unpaired) electrons. The summed E-state index contributed by atoms with van der Waals surface area (Å²) in [7, 11) is 0. The molecule has 1 aromatic carbocycles. The van der Waals surface area contributed by atoms with E-state index in [0.717, 1.165) is 0 Å². The number of nitrogens with two attached hydrogens (primary N) is 1. The second-order valence-corrected chi connectivity index (χ2v) is 2.79. The molecule has 0 fully saturated rings. The van der Waals surface area contributed by atoms with Gasteiger partial charge in [0.15, 0.2) is 6.10 Å². The molecule has 0 aliphatic rings. The van der Waals surface area contributed by atoms with E-state index >= 15 is 0 Å². The zero-order valence-electron chi connectivity index (χ0n) is 7.86. The van der Waals surface area contributed by atoms with Gasteiger partial charge in [-0.3, -0.25) is 4.79 Å². The van der Waals surface area contributed by atoms with Gasteiger partial charge in [-0.05, 0) is 19.1 Å². The van der Waals surface area contributed by atoms with Gasteiger partial charge in [-0.1, -0.05) is 18.1 Å². The molecular weight excluding hydrogens is 178 g/mol. The average molecular weight is 189 g/mol. The lowest BCUT2D eigenvalue weighted by atomic mass is 10.2. The van der Waals surface area contributed by atoms with E-state index in [2.05, 4.69) is 5.92 Å². The lowest BCUT2D eigenvalue weighted by Gasteiger charge is -2.11. The maximum Gasteiger partial charge on any atom is 0.252 e. The van der Waals surface area contributed by atoms with Crippen LogP contribution in [0.15, 0.2) is 24.3 Å². The summed E-state index contributed by atoms with van der Waals surface area (Å²) in [6.07, 6.45) is 4.78. The van der Waals surface area contributed by atoms with Crippen LogP contribution in [-0.4, -0.2) is 12.0 Å². The van der Waals surface area contributed by atoms with Gasteiger partial charge in [0.05, 0.1) is 5.56 Å². The summed E-state index contributed by atoms with van der Waals surface area (Å²) in [6, 6.07) is 6.73. The number of carbonyl (C=O) groups excluding carboxylic acids is 1. The van der Waals surface area contributed by atoms with Crippen molar-refractivity contribution in [3.63, 3.8) is 0 Å². The maximum atomic E-state index is 11.0. The first-order valence-corrected chi connectivity index (χ1v) is 4.16. The Labute approximate surface area is 82.9 Å². The number of para-hydroxylation sites is 1. The molecule has 2 N–H and O–H groups in total. The van der Waals surface area contributed by atoms with Crippen LogP contribution in [0.25, 0.3) is 0 Å². The molecule has 1 amide bonds. The molecule has 1 aromatic rings. The number of hydrogen-bond acceptors (Lipinski definition) is 2. The van der Waals surface area contributed by atoms with Crippen LogP contribution >= 0.6 is 0 Å². The highest BCUT2D eigenvalue weighted by molar-refractivity contribution is 5.95. The molecule has 3 heteroatoms. The van der Waals surface area contributed by atoms with Crippen LogP contribution in [0.2, 0.25) is 0 Å². The van der Waals surface area contributed by atoms with E-state index in [9.17, 15) is 4.79 Å². The fraction of sp³-hybridized carbons (Fsp3) is 0.182. The van der Waals surface area contributed by atoms with E-state index in [1.54, 1.807) is 31.2 Å². The molecule has 0 saturated carbocycles. The Bertz CT molecular complexity index is 379. The van der Waals surface area contributed by atoms with Crippen molar-refractivity contribution in [1.29, 1.82) is 0 Å². The molecule has 1 unspecified atom stereocenters. The number of terminal acetylenes is 1. The van der Waals surface area contributed by atoms with Gasteiger partial charge in [0.2, 0.25) is 0 Å². The van der Waals surface area contributed by atoms with Crippen LogP contribution in [0.1, 0.15) is 17.3 Å². The smallest absolute Gasteiger partial charge is 0.252 e. The molecule has 1 atom stereocenters. The van der Waals surface area contributed by atoms with Crippen molar-refractivity contribution in [2.45, 2.75) is 13.0 Å². The fourth-order valence-corrected chi connectivity index (χ4v) is 0.997. The first-order valence-electron chi connectivity index (χ1n) is 4.16. The van der Waals surface area contributed by atoms with Crippen LogP contribution in [-0.2, 0) is 0 Å². The predicted molar refractivity (Wildman–Crippen MR) is 53.9 cm³/mol. The molecule has 0 saturated heterocycles. The first kappa shape index (κ1) is 10.1. The summed E-state index contributed by atoms with van der Waals surface area (Å²) in [5.74, 6) is 2.30. The van der Waals surface area contributed by atoms with Crippen LogP contribution in [0.4, 0.5) is 0 Å². The van der Waals surface area contributed by atoms with E-state index in [4.69, 9.17) is 16.9 Å². The predicted octanol–water partition coefficient (Wildman–Crippen LogP) is 1.19. The molecule has 14 heavy (non-hydrogen) atoms. The van der Waals surface area contributed by atoms with Gasteiger partial charge in [-0.2, -0.15) is 0 Å². The molecule has 0 heterocycles. The Balaban J connectivity index is 2.97. The Hall–Kier alpha value is -1.95. The van der Waals surface area contributed by atoms with Crippen LogP contribution in [0, 0.1) is 12.3 Å². The minimum atomic E-state index is -0.523. The van der Waals surface area contributed by atoms with E-state index in [1.807, 2.05) is 0 Å². The average Bonchev–Trinajstić information content (AvgIpc) is 2.18. The van der Waals surface area contributed by atoms with Crippen molar-refractivity contribution in [3.05, 3.63) is 29.8 Å². The number of benzene rings is 1. The summed E-state index contributed by atoms with van der Waals surface area (Å²) in [5, 5.41) is 0. The summed E-state index contributed by atoms with van der Waals surface area (Å²) in [4.78, 5) is 11.0.